The van der Waals surface area contributed by atoms with Gasteiger partial charge >= 0.3 is 0 Å². The van der Waals surface area contributed by atoms with Crippen LogP contribution in [0.1, 0.15) is 10.4 Å². The molecule has 4 rings (SSSR count). The lowest BCUT2D eigenvalue weighted by atomic mass is 10.2. The molecule has 0 aliphatic carbocycles. The number of hydrogen-bond acceptors (Lipinski definition) is 7. The summed E-state index contributed by atoms with van der Waals surface area (Å²) in [6.45, 7) is 0. The van der Waals surface area contributed by atoms with Crippen LogP contribution in [0.15, 0.2) is 61.1 Å². The quantitative estimate of drug-likeness (QED) is 0.510. The minimum absolute atomic E-state index is 0.0586. The van der Waals surface area contributed by atoms with Crippen molar-refractivity contribution in [2.24, 2.45) is 0 Å². The molecule has 7 nitrogen and oxygen atoms in total. The van der Waals surface area contributed by atoms with E-state index in [9.17, 15) is 13.6 Å². The highest BCUT2D eigenvalue weighted by atomic mass is 32.1. The van der Waals surface area contributed by atoms with Crippen LogP contribution in [-0.4, -0.2) is 25.2 Å². The van der Waals surface area contributed by atoms with E-state index < -0.39 is 11.6 Å². The van der Waals surface area contributed by atoms with E-state index in [4.69, 9.17) is 0 Å². The van der Waals surface area contributed by atoms with Gasteiger partial charge in [-0.05, 0) is 42.5 Å². The van der Waals surface area contributed by atoms with Gasteiger partial charge in [0, 0.05) is 35.0 Å². The Hall–Kier alpha value is -3.79. The molecule has 0 bridgehead atoms. The number of hydrogen-bond donors (Lipinski definition) is 2. The van der Waals surface area contributed by atoms with Crippen molar-refractivity contribution < 1.29 is 13.6 Å². The van der Waals surface area contributed by atoms with Crippen molar-refractivity contribution in [3.63, 3.8) is 0 Å². The number of nitrogens with one attached hydrogen (secondary N) is 2. The minimum Gasteiger partial charge on any atom is -0.340 e. The average molecular weight is 410 g/mol. The maximum atomic E-state index is 13.9. The molecule has 0 atom stereocenters. The second kappa shape index (κ2) is 8.07. The van der Waals surface area contributed by atoms with Crippen LogP contribution in [0.2, 0.25) is 0 Å². The van der Waals surface area contributed by atoms with Crippen LogP contribution in [0.5, 0.6) is 0 Å². The van der Waals surface area contributed by atoms with Crippen molar-refractivity contribution in [1.82, 2.24) is 19.3 Å². The first-order valence-electron chi connectivity index (χ1n) is 8.32. The molecule has 0 fully saturated rings. The molecule has 0 radical (unpaired) electrons. The summed E-state index contributed by atoms with van der Waals surface area (Å²) < 4.78 is 30.9. The number of amides is 1. The maximum Gasteiger partial charge on any atom is 0.257 e. The molecule has 2 aromatic carbocycles. The van der Waals surface area contributed by atoms with Gasteiger partial charge in [-0.25, -0.2) is 18.7 Å². The summed E-state index contributed by atoms with van der Waals surface area (Å²) in [5.41, 5.74) is 1.22. The topological polar surface area (TPSA) is 92.7 Å². The van der Waals surface area contributed by atoms with Crippen molar-refractivity contribution >= 4 is 34.1 Å². The Morgan fingerprint density at radius 1 is 1.03 bits per heavy atom. The van der Waals surface area contributed by atoms with Crippen LogP contribution in [0.25, 0.3) is 11.4 Å². The molecule has 10 heteroatoms. The molecule has 0 aliphatic heterocycles. The Morgan fingerprint density at radius 3 is 2.59 bits per heavy atom. The van der Waals surface area contributed by atoms with E-state index in [1.54, 1.807) is 36.5 Å². The average Bonchev–Trinajstić information content (AvgIpc) is 3.17. The summed E-state index contributed by atoms with van der Waals surface area (Å²) in [5.74, 6) is -1.14. The number of nitrogens with zero attached hydrogens (tertiary/aromatic N) is 4. The zero-order valence-electron chi connectivity index (χ0n) is 14.6. The lowest BCUT2D eigenvalue weighted by Gasteiger charge is -2.06. The van der Waals surface area contributed by atoms with Gasteiger partial charge in [0.25, 0.3) is 5.91 Å². The van der Waals surface area contributed by atoms with Crippen LogP contribution in [-0.2, 0) is 0 Å². The number of benzene rings is 2. The first-order chi connectivity index (χ1) is 14.1. The monoisotopic (exact) mass is 410 g/mol. The summed E-state index contributed by atoms with van der Waals surface area (Å²) in [4.78, 5) is 24.4. The van der Waals surface area contributed by atoms with Crippen molar-refractivity contribution in [1.29, 1.82) is 0 Å². The van der Waals surface area contributed by atoms with E-state index in [1.165, 1.54) is 12.4 Å². The van der Waals surface area contributed by atoms with E-state index in [0.717, 1.165) is 29.4 Å². The van der Waals surface area contributed by atoms with E-state index in [2.05, 4.69) is 30.0 Å². The van der Waals surface area contributed by atoms with E-state index >= 15 is 0 Å². The molecular weight excluding hydrogens is 398 g/mol. The van der Waals surface area contributed by atoms with Gasteiger partial charge in [0.05, 0.1) is 5.56 Å². The molecule has 0 unspecified atom stereocenters. The van der Waals surface area contributed by atoms with Crippen LogP contribution >= 0.6 is 11.5 Å². The summed E-state index contributed by atoms with van der Waals surface area (Å²) in [6, 6.07) is 11.6. The van der Waals surface area contributed by atoms with Gasteiger partial charge in [0.2, 0.25) is 5.13 Å². The third-order valence-corrected chi connectivity index (χ3v) is 4.45. The normalized spacial score (nSPS) is 10.6. The molecule has 144 valence electrons. The molecule has 0 saturated heterocycles. The van der Waals surface area contributed by atoms with Gasteiger partial charge in [-0.1, -0.05) is 0 Å². The number of aromatic nitrogens is 4. The Morgan fingerprint density at radius 2 is 1.86 bits per heavy atom. The van der Waals surface area contributed by atoms with Crippen LogP contribution in [0.3, 0.4) is 0 Å². The van der Waals surface area contributed by atoms with Crippen molar-refractivity contribution in [3.05, 3.63) is 78.3 Å². The SMILES string of the molecule is O=C(Nc1nc(-c2ccc(F)cc2F)ns1)c1ccc(Nc2ccncn2)cc1. The van der Waals surface area contributed by atoms with Crippen molar-refractivity contribution in [2.75, 3.05) is 10.6 Å². The number of carbonyl (C=O) groups excluding carboxylic acids is 1. The third-order valence-electron chi connectivity index (χ3n) is 3.82. The second-order valence-corrected chi connectivity index (χ2v) is 6.55. The van der Waals surface area contributed by atoms with Crippen LogP contribution < -0.4 is 10.6 Å². The molecule has 2 aromatic heterocycles. The molecule has 1 amide bonds. The molecule has 29 heavy (non-hydrogen) atoms. The van der Waals surface area contributed by atoms with E-state index in [1.807, 2.05) is 0 Å². The van der Waals surface area contributed by atoms with Crippen LogP contribution in [0.4, 0.5) is 25.4 Å². The Bertz CT molecular complexity index is 1150. The molecular formula is C19H12F2N6OS. The van der Waals surface area contributed by atoms with Crippen molar-refractivity contribution in [2.45, 2.75) is 0 Å². The highest BCUT2D eigenvalue weighted by Gasteiger charge is 2.14. The van der Waals surface area contributed by atoms with Gasteiger partial charge in [-0.15, -0.1) is 0 Å². The number of halogens is 2. The van der Waals surface area contributed by atoms with E-state index in [0.29, 0.717) is 11.4 Å². The number of rotatable bonds is 5. The lowest BCUT2D eigenvalue weighted by molar-refractivity contribution is 0.102. The zero-order valence-corrected chi connectivity index (χ0v) is 15.5. The highest BCUT2D eigenvalue weighted by molar-refractivity contribution is 7.10. The zero-order chi connectivity index (χ0) is 20.2. The third kappa shape index (κ3) is 4.38. The molecule has 4 aromatic rings. The summed E-state index contributed by atoms with van der Waals surface area (Å²) in [7, 11) is 0. The largest absolute Gasteiger partial charge is 0.340 e. The van der Waals surface area contributed by atoms with Gasteiger partial charge in [-0.2, -0.15) is 9.36 Å². The highest BCUT2D eigenvalue weighted by Crippen LogP contribution is 2.24. The number of carbonyl (C=O) groups is 1. The lowest BCUT2D eigenvalue weighted by Crippen LogP contribution is -2.11. The van der Waals surface area contributed by atoms with E-state index in [-0.39, 0.29) is 22.4 Å². The Kier molecular flexibility index (Phi) is 5.16. The molecule has 0 saturated carbocycles. The summed E-state index contributed by atoms with van der Waals surface area (Å²) in [6.07, 6.45) is 3.05. The van der Waals surface area contributed by atoms with Gasteiger partial charge in [0.15, 0.2) is 5.82 Å². The van der Waals surface area contributed by atoms with Gasteiger partial charge < -0.3 is 5.32 Å². The van der Waals surface area contributed by atoms with Crippen molar-refractivity contribution in [3.8, 4) is 11.4 Å². The Balaban J connectivity index is 1.44. The molecule has 2 N–H and O–H groups in total. The minimum atomic E-state index is -0.771. The smallest absolute Gasteiger partial charge is 0.257 e. The number of anilines is 3. The fraction of sp³-hybridized carbons (Fsp3) is 0. The first kappa shape index (κ1) is 18.6. The predicted octanol–water partition coefficient (Wildman–Crippen LogP) is 4.27. The van der Waals surface area contributed by atoms with Crippen LogP contribution in [0, 0.1) is 11.6 Å². The Labute approximate surface area is 167 Å². The molecule has 2 heterocycles. The fourth-order valence-corrected chi connectivity index (χ4v) is 3.02. The predicted molar refractivity (Wildman–Crippen MR) is 105 cm³/mol. The van der Waals surface area contributed by atoms with Gasteiger partial charge in [0.1, 0.15) is 23.8 Å². The maximum absolute atomic E-state index is 13.9. The first-order valence-corrected chi connectivity index (χ1v) is 9.09. The summed E-state index contributed by atoms with van der Waals surface area (Å²) in [5, 5.41) is 5.91. The van der Waals surface area contributed by atoms with Gasteiger partial charge in [-0.3, -0.25) is 10.1 Å². The fourth-order valence-electron chi connectivity index (χ4n) is 2.44. The standard InChI is InChI=1S/C19H12F2N6OS/c20-12-3-6-14(15(21)9-12)17-25-19(29-27-17)26-18(28)11-1-4-13(5-2-11)24-16-7-8-22-10-23-16/h1-10H,(H,22,23,24)(H,25,26,27,28). The summed E-state index contributed by atoms with van der Waals surface area (Å²) >= 11 is 0.905. The molecule has 0 aliphatic rings. The second-order valence-electron chi connectivity index (χ2n) is 5.80. The molecule has 0 spiro atoms.